The highest BCUT2D eigenvalue weighted by molar-refractivity contribution is 5.89. The first kappa shape index (κ1) is 11.5. The van der Waals surface area contributed by atoms with Gasteiger partial charge in [-0.3, -0.25) is 4.99 Å². The second-order valence-electron chi connectivity index (χ2n) is 5.10. The Hall–Kier alpha value is -1.55. The van der Waals surface area contributed by atoms with Crippen molar-refractivity contribution in [3.63, 3.8) is 0 Å². The average molecular weight is 247 g/mol. The SMILES string of the molecule is Oc1ccc2c(c1O)CC[C@H](N=C1CCC1)[C@H]2O. The number of fused-ring (bicyclic) bond motifs is 1. The lowest BCUT2D eigenvalue weighted by Gasteiger charge is -2.30. The molecule has 1 aromatic carbocycles. The van der Waals surface area contributed by atoms with E-state index in [0.717, 1.165) is 12.8 Å². The number of aliphatic hydroxyl groups is 1. The fraction of sp³-hybridized carbons (Fsp3) is 0.500. The molecule has 0 bridgehead atoms. The molecule has 18 heavy (non-hydrogen) atoms. The summed E-state index contributed by atoms with van der Waals surface area (Å²) < 4.78 is 0. The van der Waals surface area contributed by atoms with Crippen molar-refractivity contribution < 1.29 is 15.3 Å². The van der Waals surface area contributed by atoms with Gasteiger partial charge >= 0.3 is 0 Å². The maximum absolute atomic E-state index is 10.3. The van der Waals surface area contributed by atoms with Gasteiger partial charge < -0.3 is 15.3 Å². The maximum Gasteiger partial charge on any atom is 0.161 e. The number of hydrogen-bond donors (Lipinski definition) is 3. The molecule has 2 aliphatic rings. The summed E-state index contributed by atoms with van der Waals surface area (Å²) in [7, 11) is 0. The number of aromatic hydroxyl groups is 2. The Kier molecular flexibility index (Phi) is 2.74. The van der Waals surface area contributed by atoms with E-state index in [2.05, 4.69) is 4.99 Å². The molecular formula is C14H17NO3. The van der Waals surface area contributed by atoms with Crippen LogP contribution in [-0.2, 0) is 6.42 Å². The van der Waals surface area contributed by atoms with E-state index in [1.807, 2.05) is 0 Å². The number of aliphatic imine (C=N–C) groups is 1. The van der Waals surface area contributed by atoms with Crippen LogP contribution in [0.2, 0.25) is 0 Å². The molecule has 0 heterocycles. The van der Waals surface area contributed by atoms with Crippen molar-refractivity contribution in [2.45, 2.75) is 44.2 Å². The van der Waals surface area contributed by atoms with Gasteiger partial charge in [0.25, 0.3) is 0 Å². The molecule has 1 fully saturated rings. The van der Waals surface area contributed by atoms with Gasteiger partial charge in [0.1, 0.15) is 6.10 Å². The molecule has 96 valence electrons. The molecule has 4 heteroatoms. The smallest absolute Gasteiger partial charge is 0.161 e. The number of phenolic OH excluding ortho intramolecular Hbond substituents is 2. The molecule has 0 spiro atoms. The molecule has 0 saturated heterocycles. The van der Waals surface area contributed by atoms with Crippen LogP contribution < -0.4 is 0 Å². The Morgan fingerprint density at radius 2 is 1.89 bits per heavy atom. The van der Waals surface area contributed by atoms with E-state index in [1.165, 1.54) is 18.2 Å². The van der Waals surface area contributed by atoms with E-state index in [9.17, 15) is 15.3 Å². The third kappa shape index (κ3) is 1.77. The van der Waals surface area contributed by atoms with E-state index in [1.54, 1.807) is 6.07 Å². The van der Waals surface area contributed by atoms with Crippen LogP contribution in [-0.4, -0.2) is 27.1 Å². The molecule has 2 atom stereocenters. The van der Waals surface area contributed by atoms with Crippen LogP contribution >= 0.6 is 0 Å². The maximum atomic E-state index is 10.3. The molecule has 0 radical (unpaired) electrons. The van der Waals surface area contributed by atoms with E-state index in [4.69, 9.17) is 0 Å². The van der Waals surface area contributed by atoms with Crippen molar-refractivity contribution >= 4 is 5.71 Å². The van der Waals surface area contributed by atoms with Crippen LogP contribution in [0.1, 0.15) is 42.9 Å². The molecule has 0 unspecified atom stereocenters. The second kappa shape index (κ2) is 4.28. The quantitative estimate of drug-likeness (QED) is 0.665. The monoisotopic (exact) mass is 247 g/mol. The third-order valence-electron chi connectivity index (χ3n) is 3.95. The lowest BCUT2D eigenvalue weighted by atomic mass is 9.84. The molecule has 1 aromatic rings. The van der Waals surface area contributed by atoms with Crippen molar-refractivity contribution in [2.75, 3.05) is 0 Å². The highest BCUT2D eigenvalue weighted by Gasteiger charge is 2.30. The normalized spacial score (nSPS) is 26.4. The van der Waals surface area contributed by atoms with Crippen molar-refractivity contribution in [2.24, 2.45) is 4.99 Å². The largest absolute Gasteiger partial charge is 0.504 e. The minimum absolute atomic E-state index is 0.0960. The van der Waals surface area contributed by atoms with Crippen molar-refractivity contribution in [1.29, 1.82) is 0 Å². The number of phenols is 2. The minimum atomic E-state index is -0.673. The van der Waals surface area contributed by atoms with Gasteiger partial charge in [0.2, 0.25) is 0 Å². The van der Waals surface area contributed by atoms with Gasteiger partial charge in [-0.05, 0) is 43.7 Å². The molecular weight excluding hydrogens is 230 g/mol. The standard InChI is InChI=1S/C14H17NO3/c16-12-7-5-9-10(14(12)18)4-6-11(13(9)17)15-8-2-1-3-8/h5,7,11,13,16-18H,1-4,6H2/t11-,13-/m0/s1. The zero-order valence-electron chi connectivity index (χ0n) is 10.1. The average Bonchev–Trinajstić information content (AvgIpc) is 2.31. The summed E-state index contributed by atoms with van der Waals surface area (Å²) in [5.41, 5.74) is 2.56. The number of hydrogen-bond acceptors (Lipinski definition) is 4. The predicted molar refractivity (Wildman–Crippen MR) is 68.1 cm³/mol. The van der Waals surface area contributed by atoms with Crippen LogP contribution in [0, 0.1) is 0 Å². The van der Waals surface area contributed by atoms with Gasteiger partial charge in [-0.15, -0.1) is 0 Å². The summed E-state index contributed by atoms with van der Waals surface area (Å²) >= 11 is 0. The van der Waals surface area contributed by atoms with Gasteiger partial charge in [-0.1, -0.05) is 6.07 Å². The van der Waals surface area contributed by atoms with Gasteiger partial charge in [-0.2, -0.15) is 0 Å². The predicted octanol–water partition coefficient (Wildman–Crippen LogP) is 2.07. The molecule has 3 rings (SSSR count). The van der Waals surface area contributed by atoms with Crippen molar-refractivity contribution in [1.82, 2.24) is 0 Å². The Bertz CT molecular complexity index is 504. The molecule has 1 saturated carbocycles. The molecule has 0 amide bonds. The van der Waals surface area contributed by atoms with Gasteiger partial charge in [-0.25, -0.2) is 0 Å². The van der Waals surface area contributed by atoms with Crippen LogP contribution in [0.15, 0.2) is 17.1 Å². The van der Waals surface area contributed by atoms with Crippen molar-refractivity contribution in [3.05, 3.63) is 23.3 Å². The van der Waals surface area contributed by atoms with Gasteiger partial charge in [0, 0.05) is 11.3 Å². The summed E-state index contributed by atoms with van der Waals surface area (Å²) in [6.07, 6.45) is 4.00. The van der Waals surface area contributed by atoms with E-state index < -0.39 is 6.10 Å². The molecule has 0 aliphatic heterocycles. The number of aliphatic hydroxyl groups excluding tert-OH is 1. The molecule has 4 nitrogen and oxygen atoms in total. The Balaban J connectivity index is 1.92. The zero-order chi connectivity index (χ0) is 12.7. The van der Waals surface area contributed by atoms with E-state index in [-0.39, 0.29) is 17.5 Å². The van der Waals surface area contributed by atoms with E-state index in [0.29, 0.717) is 24.0 Å². The van der Waals surface area contributed by atoms with Crippen LogP contribution in [0.5, 0.6) is 11.5 Å². The zero-order valence-corrected chi connectivity index (χ0v) is 10.1. The van der Waals surface area contributed by atoms with Crippen LogP contribution in [0.4, 0.5) is 0 Å². The molecule has 3 N–H and O–H groups in total. The van der Waals surface area contributed by atoms with Crippen LogP contribution in [0.25, 0.3) is 0 Å². The van der Waals surface area contributed by atoms with Crippen LogP contribution in [0.3, 0.4) is 0 Å². The number of rotatable bonds is 1. The first-order valence-electron chi connectivity index (χ1n) is 6.44. The summed E-state index contributed by atoms with van der Waals surface area (Å²) in [5, 5.41) is 29.6. The Morgan fingerprint density at radius 3 is 2.56 bits per heavy atom. The minimum Gasteiger partial charge on any atom is -0.504 e. The Labute approximate surface area is 106 Å². The topological polar surface area (TPSA) is 73.0 Å². The summed E-state index contributed by atoms with van der Waals surface area (Å²) in [6.45, 7) is 0. The fourth-order valence-corrected chi connectivity index (χ4v) is 2.67. The number of benzene rings is 1. The first-order chi connectivity index (χ1) is 8.66. The molecule has 0 aromatic heterocycles. The van der Waals surface area contributed by atoms with Gasteiger partial charge in [0.05, 0.1) is 6.04 Å². The summed E-state index contributed by atoms with van der Waals surface area (Å²) in [5.74, 6) is -0.217. The lowest BCUT2D eigenvalue weighted by Crippen LogP contribution is -2.26. The van der Waals surface area contributed by atoms with Crippen molar-refractivity contribution in [3.8, 4) is 11.5 Å². The summed E-state index contributed by atoms with van der Waals surface area (Å²) in [6, 6.07) is 3.01. The Morgan fingerprint density at radius 1 is 1.11 bits per heavy atom. The summed E-state index contributed by atoms with van der Waals surface area (Å²) in [4.78, 5) is 4.60. The second-order valence-corrected chi connectivity index (χ2v) is 5.10. The highest BCUT2D eigenvalue weighted by atomic mass is 16.3. The van der Waals surface area contributed by atoms with Gasteiger partial charge in [0.15, 0.2) is 11.5 Å². The highest BCUT2D eigenvalue weighted by Crippen LogP contribution is 2.41. The third-order valence-corrected chi connectivity index (χ3v) is 3.95. The molecule has 2 aliphatic carbocycles. The fourth-order valence-electron chi connectivity index (χ4n) is 2.67. The number of nitrogens with zero attached hydrogens (tertiary/aromatic N) is 1. The lowest BCUT2D eigenvalue weighted by molar-refractivity contribution is 0.133. The van der Waals surface area contributed by atoms with E-state index >= 15 is 0 Å². The first-order valence-corrected chi connectivity index (χ1v) is 6.44.